The molecule has 1 aromatic carbocycles. The summed E-state index contributed by atoms with van der Waals surface area (Å²) in [4.78, 5) is 27.1. The van der Waals surface area contributed by atoms with Gasteiger partial charge in [-0.25, -0.2) is 9.18 Å². The van der Waals surface area contributed by atoms with Gasteiger partial charge in [-0.3, -0.25) is 4.79 Å². The Hall–Kier alpha value is -1.63. The summed E-state index contributed by atoms with van der Waals surface area (Å²) in [5, 5.41) is 0. The topological polar surface area (TPSA) is 49.9 Å². The van der Waals surface area contributed by atoms with Crippen LogP contribution in [0.5, 0.6) is 0 Å². The molecule has 7 heteroatoms. The molecule has 0 radical (unpaired) electrons. The highest BCUT2D eigenvalue weighted by Gasteiger charge is 2.25. The van der Waals surface area contributed by atoms with Gasteiger partial charge in [-0.1, -0.05) is 15.9 Å². The molecule has 1 saturated heterocycles. The van der Waals surface area contributed by atoms with Gasteiger partial charge in [-0.2, -0.15) is 0 Å². The maximum Gasteiger partial charge on any atom is 0.409 e. The van der Waals surface area contributed by atoms with E-state index in [2.05, 4.69) is 15.9 Å². The number of amides is 2. The summed E-state index contributed by atoms with van der Waals surface area (Å²) < 4.78 is 19.4. The quantitative estimate of drug-likeness (QED) is 0.818. The lowest BCUT2D eigenvalue weighted by atomic mass is 10.1. The predicted molar refractivity (Wildman–Crippen MR) is 83.0 cm³/mol. The van der Waals surface area contributed by atoms with E-state index in [0.717, 1.165) is 4.47 Å². The molecule has 2 rings (SSSR count). The van der Waals surface area contributed by atoms with Crippen LogP contribution in [0.1, 0.15) is 12.5 Å². The number of rotatable bonds is 3. The van der Waals surface area contributed by atoms with E-state index in [4.69, 9.17) is 4.74 Å². The average Bonchev–Trinajstić information content (AvgIpc) is 2.51. The molecule has 0 bridgehead atoms. The van der Waals surface area contributed by atoms with Gasteiger partial charge in [-0.15, -0.1) is 0 Å². The minimum absolute atomic E-state index is 0.0185. The zero-order chi connectivity index (χ0) is 16.1. The fourth-order valence-corrected chi connectivity index (χ4v) is 2.72. The monoisotopic (exact) mass is 372 g/mol. The molecule has 22 heavy (non-hydrogen) atoms. The van der Waals surface area contributed by atoms with Crippen molar-refractivity contribution in [3.8, 4) is 0 Å². The first kappa shape index (κ1) is 16.7. The molecule has 0 N–H and O–H groups in total. The summed E-state index contributed by atoms with van der Waals surface area (Å²) in [6.45, 7) is 3.84. The third-order valence-electron chi connectivity index (χ3n) is 3.51. The van der Waals surface area contributed by atoms with Crippen LogP contribution in [0, 0.1) is 5.82 Å². The highest BCUT2D eigenvalue weighted by atomic mass is 79.9. The number of halogens is 2. The molecule has 0 aromatic heterocycles. The Morgan fingerprint density at radius 1 is 1.23 bits per heavy atom. The zero-order valence-electron chi connectivity index (χ0n) is 12.3. The summed E-state index contributed by atoms with van der Waals surface area (Å²) in [5.41, 5.74) is 0.368. The van der Waals surface area contributed by atoms with Gasteiger partial charge in [0.15, 0.2) is 0 Å². The summed E-state index contributed by atoms with van der Waals surface area (Å²) in [6, 6.07) is 4.55. The first-order chi connectivity index (χ1) is 10.5. The van der Waals surface area contributed by atoms with Crippen LogP contribution in [-0.4, -0.2) is 54.6 Å². The van der Waals surface area contributed by atoms with Crippen molar-refractivity contribution in [1.82, 2.24) is 9.80 Å². The molecule has 120 valence electrons. The van der Waals surface area contributed by atoms with Gasteiger partial charge in [0, 0.05) is 30.7 Å². The molecule has 0 atom stereocenters. The van der Waals surface area contributed by atoms with Crippen LogP contribution in [0.4, 0.5) is 9.18 Å². The van der Waals surface area contributed by atoms with E-state index < -0.39 is 0 Å². The summed E-state index contributed by atoms with van der Waals surface area (Å²) in [5.74, 6) is -0.526. The Labute approximate surface area is 137 Å². The summed E-state index contributed by atoms with van der Waals surface area (Å²) >= 11 is 3.27. The number of carbonyl (C=O) groups is 2. The van der Waals surface area contributed by atoms with Crippen molar-refractivity contribution in [2.45, 2.75) is 13.3 Å². The Morgan fingerprint density at radius 2 is 1.86 bits per heavy atom. The van der Waals surface area contributed by atoms with Crippen LogP contribution < -0.4 is 0 Å². The normalized spacial score (nSPS) is 14.9. The molecule has 1 fully saturated rings. The van der Waals surface area contributed by atoms with Crippen molar-refractivity contribution in [1.29, 1.82) is 0 Å². The van der Waals surface area contributed by atoms with Crippen LogP contribution in [0.3, 0.4) is 0 Å². The molecular weight excluding hydrogens is 355 g/mol. The molecule has 0 unspecified atom stereocenters. The van der Waals surface area contributed by atoms with E-state index in [1.54, 1.807) is 28.9 Å². The lowest BCUT2D eigenvalue weighted by Gasteiger charge is -2.34. The van der Waals surface area contributed by atoms with Crippen LogP contribution in [0.2, 0.25) is 0 Å². The Morgan fingerprint density at radius 3 is 2.50 bits per heavy atom. The Balaban J connectivity index is 1.90. The summed E-state index contributed by atoms with van der Waals surface area (Å²) in [7, 11) is 0. The molecule has 2 amide bonds. The number of ether oxygens (including phenoxy) is 1. The fourth-order valence-electron chi connectivity index (χ4n) is 2.31. The smallest absolute Gasteiger partial charge is 0.409 e. The van der Waals surface area contributed by atoms with Crippen molar-refractivity contribution in [2.24, 2.45) is 0 Å². The third kappa shape index (κ3) is 4.19. The van der Waals surface area contributed by atoms with E-state index in [-0.39, 0.29) is 24.2 Å². The number of carbonyl (C=O) groups excluding carboxylic acids is 2. The lowest BCUT2D eigenvalue weighted by Crippen LogP contribution is -2.51. The average molecular weight is 373 g/mol. The van der Waals surface area contributed by atoms with Crippen LogP contribution >= 0.6 is 15.9 Å². The Bertz CT molecular complexity index is 560. The van der Waals surface area contributed by atoms with E-state index in [0.29, 0.717) is 38.3 Å². The number of piperazine rings is 1. The minimum Gasteiger partial charge on any atom is -0.450 e. The van der Waals surface area contributed by atoms with E-state index in [9.17, 15) is 14.0 Å². The van der Waals surface area contributed by atoms with Crippen molar-refractivity contribution in [3.05, 3.63) is 34.1 Å². The highest BCUT2D eigenvalue weighted by molar-refractivity contribution is 9.10. The maximum absolute atomic E-state index is 13.7. The van der Waals surface area contributed by atoms with Crippen molar-refractivity contribution in [3.63, 3.8) is 0 Å². The number of nitrogens with zero attached hydrogens (tertiary/aromatic N) is 2. The first-order valence-corrected chi connectivity index (χ1v) is 7.94. The molecule has 1 heterocycles. The van der Waals surface area contributed by atoms with Gasteiger partial charge < -0.3 is 14.5 Å². The van der Waals surface area contributed by atoms with Gasteiger partial charge >= 0.3 is 6.09 Å². The first-order valence-electron chi connectivity index (χ1n) is 7.14. The van der Waals surface area contributed by atoms with Crippen LogP contribution in [0.15, 0.2) is 22.7 Å². The van der Waals surface area contributed by atoms with Gasteiger partial charge in [0.2, 0.25) is 5.91 Å². The van der Waals surface area contributed by atoms with Crippen molar-refractivity contribution in [2.75, 3.05) is 32.8 Å². The summed E-state index contributed by atoms with van der Waals surface area (Å²) in [6.07, 6.45) is -0.336. The molecule has 1 aliphatic heterocycles. The predicted octanol–water partition coefficient (Wildman–Crippen LogP) is 2.43. The second-order valence-electron chi connectivity index (χ2n) is 4.98. The second kappa shape index (κ2) is 7.58. The molecule has 0 saturated carbocycles. The largest absolute Gasteiger partial charge is 0.450 e. The van der Waals surface area contributed by atoms with Crippen LogP contribution in [0.25, 0.3) is 0 Å². The Kier molecular flexibility index (Phi) is 5.76. The lowest BCUT2D eigenvalue weighted by molar-refractivity contribution is -0.132. The maximum atomic E-state index is 13.7. The number of benzene rings is 1. The number of hydrogen-bond acceptors (Lipinski definition) is 3. The SMILES string of the molecule is CCOC(=O)N1CCN(C(=O)Cc2cc(Br)ccc2F)CC1. The van der Waals surface area contributed by atoms with Gasteiger partial charge in [0.25, 0.3) is 0 Å². The van der Waals surface area contributed by atoms with E-state index in [1.807, 2.05) is 0 Å². The second-order valence-corrected chi connectivity index (χ2v) is 5.89. The highest BCUT2D eigenvalue weighted by Crippen LogP contribution is 2.17. The molecular formula is C15H18BrFN2O3. The van der Waals surface area contributed by atoms with E-state index >= 15 is 0 Å². The molecule has 1 aromatic rings. The standard InChI is InChI=1S/C15H18BrFN2O3/c1-2-22-15(21)19-7-5-18(6-8-19)14(20)10-11-9-12(16)3-4-13(11)17/h3-4,9H,2,5-8,10H2,1H3. The number of hydrogen-bond donors (Lipinski definition) is 0. The molecule has 5 nitrogen and oxygen atoms in total. The minimum atomic E-state index is -0.387. The van der Waals surface area contributed by atoms with E-state index in [1.165, 1.54) is 6.07 Å². The van der Waals surface area contributed by atoms with Gasteiger partial charge in [0.05, 0.1) is 13.0 Å². The molecule has 0 spiro atoms. The zero-order valence-corrected chi connectivity index (χ0v) is 13.9. The molecule has 0 aliphatic carbocycles. The van der Waals surface area contributed by atoms with Gasteiger partial charge in [-0.05, 0) is 30.7 Å². The van der Waals surface area contributed by atoms with Gasteiger partial charge in [0.1, 0.15) is 5.82 Å². The van der Waals surface area contributed by atoms with Crippen LogP contribution in [-0.2, 0) is 16.0 Å². The fraction of sp³-hybridized carbons (Fsp3) is 0.467. The van der Waals surface area contributed by atoms with Crippen molar-refractivity contribution >= 4 is 27.9 Å². The van der Waals surface area contributed by atoms with Crippen molar-refractivity contribution < 1.29 is 18.7 Å². The third-order valence-corrected chi connectivity index (χ3v) is 4.00. The molecule has 1 aliphatic rings.